The van der Waals surface area contributed by atoms with Crippen molar-refractivity contribution in [3.05, 3.63) is 23.7 Å². The monoisotopic (exact) mass is 307 g/mol. The smallest absolute Gasteiger partial charge is 0.256 e. The normalized spacial score (nSPS) is 15.5. The third kappa shape index (κ3) is 3.48. The number of halogens is 1. The zero-order valence-corrected chi connectivity index (χ0v) is 12.7. The van der Waals surface area contributed by atoms with Gasteiger partial charge in [0.05, 0.1) is 0 Å². The van der Waals surface area contributed by atoms with Crippen LogP contribution in [0, 0.1) is 0 Å². The van der Waals surface area contributed by atoms with Gasteiger partial charge in [-0.15, -0.1) is 0 Å². The molecule has 1 fully saturated rings. The molecule has 0 unspecified atom stereocenters. The van der Waals surface area contributed by atoms with Crippen LogP contribution in [0.1, 0.15) is 12.8 Å². The van der Waals surface area contributed by atoms with Gasteiger partial charge in [-0.1, -0.05) is 0 Å². The van der Waals surface area contributed by atoms with Gasteiger partial charge in [-0.2, -0.15) is 20.1 Å². The lowest BCUT2D eigenvalue weighted by Gasteiger charge is -2.21. The van der Waals surface area contributed by atoms with Gasteiger partial charge < -0.3 is 9.80 Å². The molecule has 1 aliphatic heterocycles. The minimum absolute atomic E-state index is 0.179. The second kappa shape index (κ2) is 6.36. The van der Waals surface area contributed by atoms with Crippen molar-refractivity contribution in [3.63, 3.8) is 0 Å². The second-order valence-electron chi connectivity index (χ2n) is 5.13. The van der Waals surface area contributed by atoms with Crippen molar-refractivity contribution >= 4 is 17.5 Å². The summed E-state index contributed by atoms with van der Waals surface area (Å²) in [6, 6.07) is 1.81. The maximum absolute atomic E-state index is 6.00. The Hall–Kier alpha value is -1.73. The first-order valence-electron chi connectivity index (χ1n) is 7.07. The van der Waals surface area contributed by atoms with Crippen LogP contribution in [-0.2, 0) is 0 Å². The van der Waals surface area contributed by atoms with Crippen LogP contribution in [0.2, 0.25) is 5.28 Å². The zero-order chi connectivity index (χ0) is 14.7. The number of anilines is 1. The van der Waals surface area contributed by atoms with Crippen LogP contribution >= 0.6 is 11.6 Å². The van der Waals surface area contributed by atoms with Gasteiger partial charge in [-0.25, -0.2) is 4.68 Å². The SMILES string of the molecule is CN(CCN1CCCC1)c1nc(Cl)nc(-n2cccn2)n1. The van der Waals surface area contributed by atoms with Gasteiger partial charge in [-0.05, 0) is 43.6 Å². The van der Waals surface area contributed by atoms with Gasteiger partial charge in [0, 0.05) is 32.5 Å². The van der Waals surface area contributed by atoms with Crippen LogP contribution in [0.15, 0.2) is 18.5 Å². The van der Waals surface area contributed by atoms with Gasteiger partial charge in [0.25, 0.3) is 5.95 Å². The summed E-state index contributed by atoms with van der Waals surface area (Å²) >= 11 is 6.00. The lowest BCUT2D eigenvalue weighted by molar-refractivity contribution is 0.346. The molecule has 112 valence electrons. The molecule has 3 heterocycles. The Balaban J connectivity index is 1.71. The number of rotatable bonds is 5. The number of nitrogens with zero attached hydrogens (tertiary/aromatic N) is 7. The quantitative estimate of drug-likeness (QED) is 0.828. The highest BCUT2D eigenvalue weighted by Crippen LogP contribution is 2.13. The zero-order valence-electron chi connectivity index (χ0n) is 12.0. The van der Waals surface area contributed by atoms with E-state index in [4.69, 9.17) is 11.6 Å². The highest BCUT2D eigenvalue weighted by Gasteiger charge is 2.14. The van der Waals surface area contributed by atoms with Crippen molar-refractivity contribution in [2.75, 3.05) is 38.1 Å². The summed E-state index contributed by atoms with van der Waals surface area (Å²) in [5.41, 5.74) is 0. The number of likely N-dealkylation sites (tertiary alicyclic amines) is 1. The molecular formula is C13H18ClN7. The largest absolute Gasteiger partial charge is 0.342 e. The topological polar surface area (TPSA) is 63.0 Å². The van der Waals surface area contributed by atoms with E-state index in [1.165, 1.54) is 25.9 Å². The van der Waals surface area contributed by atoms with Crippen LogP contribution < -0.4 is 4.90 Å². The van der Waals surface area contributed by atoms with Crippen LogP contribution in [0.5, 0.6) is 0 Å². The third-order valence-electron chi connectivity index (χ3n) is 3.59. The molecule has 3 rings (SSSR count). The van der Waals surface area contributed by atoms with Crippen LogP contribution in [0.3, 0.4) is 0 Å². The van der Waals surface area contributed by atoms with E-state index >= 15 is 0 Å². The van der Waals surface area contributed by atoms with E-state index in [2.05, 4.69) is 25.0 Å². The predicted octanol–water partition coefficient (Wildman–Crippen LogP) is 1.24. The molecule has 0 aliphatic carbocycles. The van der Waals surface area contributed by atoms with Crippen molar-refractivity contribution in [3.8, 4) is 5.95 Å². The Morgan fingerprint density at radius 2 is 2.05 bits per heavy atom. The molecule has 8 heteroatoms. The van der Waals surface area contributed by atoms with Crippen molar-refractivity contribution in [1.29, 1.82) is 0 Å². The molecule has 0 aromatic carbocycles. The first kappa shape index (κ1) is 14.2. The van der Waals surface area contributed by atoms with Gasteiger partial charge in [0.2, 0.25) is 11.2 Å². The van der Waals surface area contributed by atoms with E-state index in [9.17, 15) is 0 Å². The maximum Gasteiger partial charge on any atom is 0.256 e. The van der Waals surface area contributed by atoms with Crippen molar-refractivity contribution in [2.45, 2.75) is 12.8 Å². The standard InChI is InChI=1S/C13H18ClN7/c1-19(9-10-20-6-2-3-7-20)12-16-11(14)17-13(18-12)21-8-4-5-15-21/h4-5,8H,2-3,6-7,9-10H2,1H3. The van der Waals surface area contributed by atoms with E-state index in [0.29, 0.717) is 11.9 Å². The molecule has 2 aromatic heterocycles. The molecule has 2 aromatic rings. The fourth-order valence-corrected chi connectivity index (χ4v) is 2.54. The molecule has 1 aliphatic rings. The highest BCUT2D eigenvalue weighted by atomic mass is 35.5. The molecule has 0 amide bonds. The van der Waals surface area contributed by atoms with Crippen LogP contribution in [-0.4, -0.2) is 62.9 Å². The molecule has 1 saturated heterocycles. The average Bonchev–Trinajstić information content (AvgIpc) is 3.17. The number of aromatic nitrogens is 5. The summed E-state index contributed by atoms with van der Waals surface area (Å²) in [7, 11) is 1.97. The Morgan fingerprint density at radius 1 is 1.24 bits per heavy atom. The number of likely N-dealkylation sites (N-methyl/N-ethyl adjacent to an activating group) is 1. The first-order chi connectivity index (χ1) is 10.2. The van der Waals surface area contributed by atoms with Gasteiger partial charge >= 0.3 is 0 Å². The fraction of sp³-hybridized carbons (Fsp3) is 0.538. The number of hydrogen-bond acceptors (Lipinski definition) is 6. The third-order valence-corrected chi connectivity index (χ3v) is 3.75. The van der Waals surface area contributed by atoms with Crippen molar-refractivity contribution in [2.24, 2.45) is 0 Å². The minimum Gasteiger partial charge on any atom is -0.342 e. The Morgan fingerprint density at radius 3 is 2.76 bits per heavy atom. The van der Waals surface area contributed by atoms with Crippen LogP contribution in [0.25, 0.3) is 5.95 Å². The van der Waals surface area contributed by atoms with Crippen LogP contribution in [0.4, 0.5) is 5.95 Å². The molecule has 0 bridgehead atoms. The number of hydrogen-bond donors (Lipinski definition) is 0. The highest BCUT2D eigenvalue weighted by molar-refractivity contribution is 6.28. The summed E-state index contributed by atoms with van der Waals surface area (Å²) in [5.74, 6) is 1.00. The average molecular weight is 308 g/mol. The molecule has 0 saturated carbocycles. The lowest BCUT2D eigenvalue weighted by Crippen LogP contribution is -2.32. The molecule has 0 spiro atoms. The van der Waals surface area contributed by atoms with Crippen molar-refractivity contribution in [1.82, 2.24) is 29.6 Å². The van der Waals surface area contributed by atoms with E-state index < -0.39 is 0 Å². The molecule has 0 radical (unpaired) electrons. The van der Waals surface area contributed by atoms with Crippen molar-refractivity contribution < 1.29 is 0 Å². The molecule has 0 atom stereocenters. The van der Waals surface area contributed by atoms with Gasteiger partial charge in [0.1, 0.15) is 0 Å². The molecule has 7 nitrogen and oxygen atoms in total. The Labute approximate surface area is 128 Å². The van der Waals surface area contributed by atoms with Gasteiger partial charge in [0.15, 0.2) is 0 Å². The summed E-state index contributed by atoms with van der Waals surface area (Å²) in [4.78, 5) is 17.2. The fourth-order valence-electron chi connectivity index (χ4n) is 2.39. The summed E-state index contributed by atoms with van der Waals surface area (Å²) < 4.78 is 1.57. The summed E-state index contributed by atoms with van der Waals surface area (Å²) in [6.45, 7) is 4.24. The first-order valence-corrected chi connectivity index (χ1v) is 7.45. The van der Waals surface area contributed by atoms with E-state index in [-0.39, 0.29) is 5.28 Å². The molecule has 0 N–H and O–H groups in total. The Kier molecular flexibility index (Phi) is 4.31. The maximum atomic E-state index is 6.00. The summed E-state index contributed by atoms with van der Waals surface area (Å²) in [6.07, 6.45) is 6.05. The van der Waals surface area contributed by atoms with E-state index in [1.54, 1.807) is 17.1 Å². The predicted molar refractivity (Wildman–Crippen MR) is 80.9 cm³/mol. The second-order valence-corrected chi connectivity index (χ2v) is 5.46. The summed E-state index contributed by atoms with van der Waals surface area (Å²) in [5, 5.41) is 4.29. The van der Waals surface area contributed by atoms with E-state index in [0.717, 1.165) is 13.1 Å². The molecular weight excluding hydrogens is 290 g/mol. The van der Waals surface area contributed by atoms with Gasteiger partial charge in [-0.3, -0.25) is 0 Å². The minimum atomic E-state index is 0.179. The Bertz CT molecular complexity index is 580. The lowest BCUT2D eigenvalue weighted by atomic mass is 10.4. The molecule has 21 heavy (non-hydrogen) atoms. The van der Waals surface area contributed by atoms with E-state index in [1.807, 2.05) is 18.0 Å².